The monoisotopic (exact) mass is 468 g/mol. The lowest BCUT2D eigenvalue weighted by Gasteiger charge is -2.46. The first-order chi connectivity index (χ1) is 15.0. The zero-order valence-electron chi connectivity index (χ0n) is 23.0. The van der Waals surface area contributed by atoms with Gasteiger partial charge in [0, 0.05) is 0 Å². The minimum Gasteiger partial charge on any atom is -0.388 e. The van der Waals surface area contributed by atoms with Gasteiger partial charge in [-0.25, -0.2) is 0 Å². The standard InChI is InChI=1S/C27H52N2O4/c1-11-26(32,12-2)19(23(5,6)7)28-21(30)25(17-15-16-18-25)22(31)29-20(24(8,9)10)27(33,13-3)14-4/h19-20,32-33H,11-18H2,1-10H3,(H,28,30)(H,29,31)/t19-,20-/m1/s1. The van der Waals surface area contributed by atoms with Crippen LogP contribution in [-0.2, 0) is 9.59 Å². The lowest BCUT2D eigenvalue weighted by molar-refractivity contribution is -0.150. The molecule has 33 heavy (non-hydrogen) atoms. The molecule has 0 spiro atoms. The summed E-state index contributed by atoms with van der Waals surface area (Å²) >= 11 is 0. The third kappa shape index (κ3) is 6.30. The molecule has 0 unspecified atom stereocenters. The Morgan fingerprint density at radius 3 is 1.18 bits per heavy atom. The number of carbonyl (C=O) groups is 2. The maximum atomic E-state index is 13.8. The van der Waals surface area contributed by atoms with E-state index in [0.717, 1.165) is 12.8 Å². The maximum absolute atomic E-state index is 13.8. The van der Waals surface area contributed by atoms with E-state index in [2.05, 4.69) is 10.6 Å². The molecule has 1 rings (SSSR count). The molecule has 0 aromatic rings. The average Bonchev–Trinajstić information content (AvgIpc) is 3.24. The topological polar surface area (TPSA) is 98.7 Å². The molecule has 4 N–H and O–H groups in total. The van der Waals surface area contributed by atoms with Crippen molar-refractivity contribution in [3.05, 3.63) is 0 Å². The van der Waals surface area contributed by atoms with Crippen LogP contribution >= 0.6 is 0 Å². The van der Waals surface area contributed by atoms with Gasteiger partial charge in [0.15, 0.2) is 0 Å². The van der Waals surface area contributed by atoms with E-state index in [-0.39, 0.29) is 22.6 Å². The Labute approximate surface area is 202 Å². The predicted molar refractivity (Wildman–Crippen MR) is 135 cm³/mol. The van der Waals surface area contributed by atoms with Gasteiger partial charge in [-0.3, -0.25) is 9.59 Å². The predicted octanol–water partition coefficient (Wildman–Crippen LogP) is 4.71. The molecule has 0 bridgehead atoms. The average molecular weight is 469 g/mol. The second kappa shape index (κ2) is 10.6. The summed E-state index contributed by atoms with van der Waals surface area (Å²) < 4.78 is 0. The minimum atomic E-state index is -1.18. The molecular weight excluding hydrogens is 416 g/mol. The van der Waals surface area contributed by atoms with Gasteiger partial charge in [-0.15, -0.1) is 0 Å². The third-order valence-electron chi connectivity index (χ3n) is 8.13. The quantitative estimate of drug-likeness (QED) is 0.349. The maximum Gasteiger partial charge on any atom is 0.236 e. The molecular formula is C27H52N2O4. The van der Waals surface area contributed by atoms with E-state index in [9.17, 15) is 19.8 Å². The highest BCUT2D eigenvalue weighted by Crippen LogP contribution is 2.42. The molecule has 1 aliphatic carbocycles. The highest BCUT2D eigenvalue weighted by Gasteiger charge is 2.53. The lowest BCUT2D eigenvalue weighted by atomic mass is 9.71. The number of aliphatic hydroxyl groups is 2. The smallest absolute Gasteiger partial charge is 0.236 e. The molecule has 0 aromatic carbocycles. The number of hydrogen-bond donors (Lipinski definition) is 4. The van der Waals surface area contributed by atoms with E-state index < -0.39 is 28.7 Å². The zero-order valence-corrected chi connectivity index (χ0v) is 23.0. The summed E-state index contributed by atoms with van der Waals surface area (Å²) in [6, 6.07) is -0.973. The Kier molecular flexibility index (Phi) is 9.64. The van der Waals surface area contributed by atoms with Crippen molar-refractivity contribution in [3.8, 4) is 0 Å². The van der Waals surface area contributed by atoms with Crippen molar-refractivity contribution in [2.75, 3.05) is 0 Å². The van der Waals surface area contributed by atoms with Crippen LogP contribution < -0.4 is 10.6 Å². The van der Waals surface area contributed by atoms with Crippen LogP contribution in [0.4, 0.5) is 0 Å². The minimum absolute atomic E-state index is 0.304. The summed E-state index contributed by atoms with van der Waals surface area (Å²) in [4.78, 5) is 27.6. The normalized spacial score (nSPS) is 19.2. The molecule has 194 valence electrons. The van der Waals surface area contributed by atoms with Gasteiger partial charge in [0.05, 0.1) is 23.3 Å². The summed E-state index contributed by atoms with van der Waals surface area (Å²) in [5, 5.41) is 28.9. The van der Waals surface area contributed by atoms with Gasteiger partial charge in [-0.1, -0.05) is 82.1 Å². The van der Waals surface area contributed by atoms with Crippen molar-refractivity contribution < 1.29 is 19.8 Å². The van der Waals surface area contributed by atoms with Gasteiger partial charge in [0.25, 0.3) is 0 Å². The lowest BCUT2D eigenvalue weighted by Crippen LogP contribution is -2.65. The van der Waals surface area contributed by atoms with Crippen LogP contribution in [0.3, 0.4) is 0 Å². The molecule has 0 heterocycles. The number of nitrogens with one attached hydrogen (secondary N) is 2. The van der Waals surface area contributed by atoms with E-state index in [0.29, 0.717) is 38.5 Å². The van der Waals surface area contributed by atoms with Crippen molar-refractivity contribution in [1.82, 2.24) is 10.6 Å². The summed E-state index contributed by atoms with van der Waals surface area (Å²) in [5.74, 6) is -0.608. The summed E-state index contributed by atoms with van der Waals surface area (Å²) in [7, 11) is 0. The number of rotatable bonds is 10. The van der Waals surface area contributed by atoms with Crippen molar-refractivity contribution >= 4 is 11.8 Å². The van der Waals surface area contributed by atoms with Gasteiger partial charge in [0.1, 0.15) is 5.41 Å². The molecule has 0 aromatic heterocycles. The van der Waals surface area contributed by atoms with Gasteiger partial charge < -0.3 is 20.8 Å². The van der Waals surface area contributed by atoms with Crippen molar-refractivity contribution in [3.63, 3.8) is 0 Å². The SMILES string of the molecule is CCC(O)(CC)[C@H](NC(=O)C1(C(=O)N[C@H](C(C)(C)C)C(O)(CC)CC)CCCC1)C(C)(C)C. The highest BCUT2D eigenvalue weighted by atomic mass is 16.3. The highest BCUT2D eigenvalue weighted by molar-refractivity contribution is 6.05. The molecule has 0 radical (unpaired) electrons. The fraction of sp³-hybridized carbons (Fsp3) is 0.926. The first-order valence-corrected chi connectivity index (χ1v) is 13.0. The fourth-order valence-corrected chi connectivity index (χ4v) is 5.70. The van der Waals surface area contributed by atoms with Gasteiger partial charge in [-0.2, -0.15) is 0 Å². The van der Waals surface area contributed by atoms with Gasteiger partial charge in [-0.05, 0) is 49.4 Å². The first kappa shape index (κ1) is 29.9. The molecule has 1 aliphatic rings. The Balaban J connectivity index is 3.36. The molecule has 1 saturated carbocycles. The van der Waals surface area contributed by atoms with Crippen LogP contribution in [0.2, 0.25) is 0 Å². The van der Waals surface area contributed by atoms with E-state index in [1.807, 2.05) is 69.2 Å². The second-order valence-corrected chi connectivity index (χ2v) is 12.5. The summed E-state index contributed by atoms with van der Waals surface area (Å²) in [6.45, 7) is 19.8. The van der Waals surface area contributed by atoms with E-state index in [4.69, 9.17) is 0 Å². The Bertz CT molecular complexity index is 609. The van der Waals surface area contributed by atoms with Crippen LogP contribution in [0, 0.1) is 16.2 Å². The molecule has 0 saturated heterocycles. The Morgan fingerprint density at radius 1 is 0.697 bits per heavy atom. The first-order valence-electron chi connectivity index (χ1n) is 13.0. The van der Waals surface area contributed by atoms with Crippen molar-refractivity contribution in [2.24, 2.45) is 16.2 Å². The van der Waals surface area contributed by atoms with Crippen molar-refractivity contribution in [2.45, 2.75) is 144 Å². The van der Waals surface area contributed by atoms with Crippen LogP contribution in [0.15, 0.2) is 0 Å². The van der Waals surface area contributed by atoms with Crippen LogP contribution in [0.25, 0.3) is 0 Å². The van der Waals surface area contributed by atoms with Crippen LogP contribution in [-0.4, -0.2) is 45.3 Å². The molecule has 2 atom stereocenters. The van der Waals surface area contributed by atoms with E-state index in [1.165, 1.54) is 0 Å². The van der Waals surface area contributed by atoms with Gasteiger partial charge in [0.2, 0.25) is 11.8 Å². The Hall–Kier alpha value is -1.14. The largest absolute Gasteiger partial charge is 0.388 e. The molecule has 2 amide bonds. The molecule has 6 nitrogen and oxygen atoms in total. The van der Waals surface area contributed by atoms with Crippen LogP contribution in [0.5, 0.6) is 0 Å². The molecule has 0 aliphatic heterocycles. The van der Waals surface area contributed by atoms with Crippen LogP contribution in [0.1, 0.15) is 121 Å². The molecule has 6 heteroatoms. The summed E-state index contributed by atoms with van der Waals surface area (Å²) in [6.07, 6.45) is 4.61. The Morgan fingerprint density at radius 2 is 0.970 bits per heavy atom. The summed E-state index contributed by atoms with van der Waals surface area (Å²) in [5.41, 5.74) is -4.06. The second-order valence-electron chi connectivity index (χ2n) is 12.5. The fourth-order valence-electron chi connectivity index (χ4n) is 5.70. The zero-order chi connectivity index (χ0) is 25.9. The number of amides is 2. The van der Waals surface area contributed by atoms with E-state index in [1.54, 1.807) is 0 Å². The van der Waals surface area contributed by atoms with Crippen molar-refractivity contribution in [1.29, 1.82) is 0 Å². The van der Waals surface area contributed by atoms with E-state index >= 15 is 0 Å². The number of carbonyl (C=O) groups excluding carboxylic acids is 2. The third-order valence-corrected chi connectivity index (χ3v) is 8.13. The molecule has 1 fully saturated rings. The van der Waals surface area contributed by atoms with Gasteiger partial charge >= 0.3 is 0 Å². The number of hydrogen-bond acceptors (Lipinski definition) is 4.